The Balaban J connectivity index is 1.49. The average molecular weight is 375 g/mol. The van der Waals surface area contributed by atoms with E-state index in [-0.39, 0.29) is 0 Å². The molecule has 0 unspecified atom stereocenters. The Bertz CT molecular complexity index is 882. The lowest BCUT2D eigenvalue weighted by Gasteiger charge is -2.25. The molecule has 4 nitrogen and oxygen atoms in total. The van der Waals surface area contributed by atoms with Gasteiger partial charge >= 0.3 is 0 Å². The number of hydrogen-bond donors (Lipinski definition) is 0. The van der Waals surface area contributed by atoms with E-state index in [4.69, 9.17) is 0 Å². The van der Waals surface area contributed by atoms with Crippen LogP contribution in [0.3, 0.4) is 0 Å². The molecule has 2 aromatic carbocycles. The Morgan fingerprint density at radius 2 is 1.71 bits per heavy atom. The number of hydrogen-bond acceptors (Lipinski definition) is 3. The lowest BCUT2D eigenvalue weighted by atomic mass is 9.93. The van der Waals surface area contributed by atoms with Crippen molar-refractivity contribution < 1.29 is 0 Å². The summed E-state index contributed by atoms with van der Waals surface area (Å²) in [6, 6.07) is 20.2. The van der Waals surface area contributed by atoms with Gasteiger partial charge in [-0.25, -0.2) is 4.98 Å². The first kappa shape index (κ1) is 18.9. The van der Waals surface area contributed by atoms with Gasteiger partial charge < -0.3 is 9.47 Å². The van der Waals surface area contributed by atoms with Gasteiger partial charge in [0.15, 0.2) is 0 Å². The molecule has 0 N–H and O–H groups in total. The summed E-state index contributed by atoms with van der Waals surface area (Å²) in [6.07, 6.45) is 3.98. The molecule has 0 aliphatic carbocycles. The van der Waals surface area contributed by atoms with Crippen molar-refractivity contribution in [2.45, 2.75) is 32.0 Å². The van der Waals surface area contributed by atoms with E-state index in [1.165, 1.54) is 22.4 Å². The van der Waals surface area contributed by atoms with Crippen molar-refractivity contribution in [3.8, 4) is 0 Å². The van der Waals surface area contributed by atoms with E-state index >= 15 is 0 Å². The van der Waals surface area contributed by atoms with Crippen molar-refractivity contribution >= 4 is 0 Å². The highest BCUT2D eigenvalue weighted by atomic mass is 15.3. The van der Waals surface area contributed by atoms with Gasteiger partial charge in [0.05, 0.1) is 12.0 Å². The van der Waals surface area contributed by atoms with Gasteiger partial charge in [-0.1, -0.05) is 60.2 Å². The molecule has 0 radical (unpaired) electrons. The highest BCUT2D eigenvalue weighted by molar-refractivity contribution is 5.27. The quantitative estimate of drug-likeness (QED) is 0.656. The minimum atomic E-state index is 0.535. The minimum Gasteiger partial charge on any atom is -0.329 e. The van der Waals surface area contributed by atoms with Crippen LogP contribution in [0.2, 0.25) is 0 Å². The number of benzene rings is 2. The van der Waals surface area contributed by atoms with Gasteiger partial charge in [0.25, 0.3) is 0 Å². The van der Waals surface area contributed by atoms with Crippen molar-refractivity contribution in [2.75, 3.05) is 27.2 Å². The molecule has 0 spiro atoms. The summed E-state index contributed by atoms with van der Waals surface area (Å²) in [4.78, 5) is 9.39. The molecule has 2 atom stereocenters. The van der Waals surface area contributed by atoms with Crippen molar-refractivity contribution in [3.05, 3.63) is 89.5 Å². The van der Waals surface area contributed by atoms with Crippen LogP contribution in [0, 0.1) is 6.92 Å². The summed E-state index contributed by atoms with van der Waals surface area (Å²) in [5, 5.41) is 0. The molecule has 0 saturated carbocycles. The van der Waals surface area contributed by atoms with Gasteiger partial charge in [-0.05, 0) is 32.1 Å². The minimum absolute atomic E-state index is 0.535. The molecule has 1 aliphatic rings. The predicted molar refractivity (Wildman–Crippen MR) is 114 cm³/mol. The van der Waals surface area contributed by atoms with Crippen molar-refractivity contribution in [1.29, 1.82) is 0 Å². The van der Waals surface area contributed by atoms with Crippen LogP contribution in [-0.4, -0.2) is 52.6 Å². The van der Waals surface area contributed by atoms with E-state index in [1.54, 1.807) is 0 Å². The summed E-state index contributed by atoms with van der Waals surface area (Å²) in [6.45, 7) is 6.15. The van der Waals surface area contributed by atoms with Crippen LogP contribution >= 0.6 is 0 Å². The molecular weight excluding hydrogens is 344 g/mol. The van der Waals surface area contributed by atoms with Crippen LogP contribution in [0.1, 0.15) is 28.3 Å². The van der Waals surface area contributed by atoms with Gasteiger partial charge in [0.2, 0.25) is 0 Å². The van der Waals surface area contributed by atoms with Crippen LogP contribution < -0.4 is 0 Å². The lowest BCUT2D eigenvalue weighted by Crippen LogP contribution is -2.34. The fraction of sp³-hybridized carbons (Fsp3) is 0.375. The van der Waals surface area contributed by atoms with Crippen molar-refractivity contribution in [1.82, 2.24) is 19.4 Å². The molecule has 1 saturated heterocycles. The van der Waals surface area contributed by atoms with E-state index in [0.29, 0.717) is 12.0 Å². The highest BCUT2D eigenvalue weighted by Gasteiger charge is 2.35. The molecule has 2 heterocycles. The Morgan fingerprint density at radius 3 is 2.43 bits per heavy atom. The number of rotatable bonds is 6. The molecule has 1 aliphatic heterocycles. The maximum absolute atomic E-state index is 4.43. The zero-order valence-corrected chi connectivity index (χ0v) is 17.1. The Kier molecular flexibility index (Phi) is 5.60. The first-order valence-electron chi connectivity index (χ1n) is 10.1. The van der Waals surface area contributed by atoms with Gasteiger partial charge in [0.1, 0.15) is 0 Å². The molecule has 4 heteroatoms. The zero-order valence-electron chi connectivity index (χ0n) is 17.1. The highest BCUT2D eigenvalue weighted by Crippen LogP contribution is 2.31. The average Bonchev–Trinajstić information content (AvgIpc) is 3.31. The fourth-order valence-electron chi connectivity index (χ4n) is 4.29. The van der Waals surface area contributed by atoms with Crippen molar-refractivity contribution in [2.24, 2.45) is 0 Å². The summed E-state index contributed by atoms with van der Waals surface area (Å²) in [5.74, 6) is 0.543. The second-order valence-electron chi connectivity index (χ2n) is 8.24. The van der Waals surface area contributed by atoms with Crippen LogP contribution in [0.4, 0.5) is 0 Å². The molecule has 3 aromatic rings. The second kappa shape index (κ2) is 8.29. The van der Waals surface area contributed by atoms with Gasteiger partial charge in [-0.3, -0.25) is 4.90 Å². The number of likely N-dealkylation sites (tertiary alicyclic amines) is 1. The molecule has 28 heavy (non-hydrogen) atoms. The molecule has 146 valence electrons. The standard InChI is InChI=1S/C24H30N4/c1-19-9-11-21(12-10-19)23-16-27(17-24(23)26(2)3)15-22-13-25-18-28(22)14-20-7-5-4-6-8-20/h4-13,18,23-24H,14-17H2,1-3H3/t23-,24+/m0/s1. The van der Waals surface area contributed by atoms with E-state index < -0.39 is 0 Å². The third-order valence-electron chi connectivity index (χ3n) is 5.91. The first-order valence-corrected chi connectivity index (χ1v) is 10.1. The maximum Gasteiger partial charge on any atom is 0.0951 e. The molecule has 4 rings (SSSR count). The van der Waals surface area contributed by atoms with Crippen molar-refractivity contribution in [3.63, 3.8) is 0 Å². The zero-order chi connectivity index (χ0) is 19.5. The summed E-state index contributed by atoms with van der Waals surface area (Å²) in [7, 11) is 4.41. The van der Waals surface area contributed by atoms with Gasteiger partial charge in [0, 0.05) is 44.3 Å². The topological polar surface area (TPSA) is 24.3 Å². The Hall–Kier alpha value is -2.43. The Morgan fingerprint density at radius 1 is 0.964 bits per heavy atom. The largest absolute Gasteiger partial charge is 0.329 e. The van der Waals surface area contributed by atoms with Gasteiger partial charge in [-0.15, -0.1) is 0 Å². The first-order chi connectivity index (χ1) is 13.6. The van der Waals surface area contributed by atoms with E-state index in [0.717, 1.165) is 26.2 Å². The monoisotopic (exact) mass is 374 g/mol. The van der Waals surface area contributed by atoms with Gasteiger partial charge in [-0.2, -0.15) is 0 Å². The molecule has 0 bridgehead atoms. The fourth-order valence-corrected chi connectivity index (χ4v) is 4.29. The summed E-state index contributed by atoms with van der Waals surface area (Å²) < 4.78 is 2.28. The lowest BCUT2D eigenvalue weighted by molar-refractivity contribution is 0.257. The molecule has 1 aromatic heterocycles. The Labute approximate surface area is 168 Å². The smallest absolute Gasteiger partial charge is 0.0951 e. The van der Waals surface area contributed by atoms with E-state index in [2.05, 4.69) is 95.0 Å². The van der Waals surface area contributed by atoms with Crippen LogP contribution in [-0.2, 0) is 13.1 Å². The normalized spacial score (nSPS) is 20.1. The third-order valence-corrected chi connectivity index (χ3v) is 5.91. The summed E-state index contributed by atoms with van der Waals surface area (Å²) in [5.41, 5.74) is 5.37. The van der Waals surface area contributed by atoms with E-state index in [9.17, 15) is 0 Å². The number of aromatic nitrogens is 2. The van der Waals surface area contributed by atoms with E-state index in [1.807, 2.05) is 12.5 Å². The molecule has 1 fully saturated rings. The van der Waals surface area contributed by atoms with Crippen LogP contribution in [0.25, 0.3) is 0 Å². The molecule has 0 amide bonds. The summed E-state index contributed by atoms with van der Waals surface area (Å²) >= 11 is 0. The van der Waals surface area contributed by atoms with Crippen LogP contribution in [0.5, 0.6) is 0 Å². The number of imidazole rings is 1. The third kappa shape index (κ3) is 4.18. The molecular formula is C24H30N4. The maximum atomic E-state index is 4.43. The number of nitrogens with zero attached hydrogens (tertiary/aromatic N) is 4. The predicted octanol–water partition coefficient (Wildman–Crippen LogP) is 3.77. The SMILES string of the molecule is Cc1ccc([C@@H]2CN(Cc3cncn3Cc3ccccc3)C[C@H]2N(C)C)cc1. The second-order valence-corrected chi connectivity index (χ2v) is 8.24. The number of likely N-dealkylation sites (N-methyl/N-ethyl adjacent to an activating group) is 1. The van der Waals surface area contributed by atoms with Crippen LogP contribution in [0.15, 0.2) is 67.1 Å². The number of aryl methyl sites for hydroxylation is 1.